The number of hydrogen-bond donors (Lipinski definition) is 1. The molecule has 6 heteroatoms. The van der Waals surface area contributed by atoms with Crippen LogP contribution in [0.1, 0.15) is 24.0 Å². The van der Waals surface area contributed by atoms with E-state index in [-0.39, 0.29) is 0 Å². The lowest BCUT2D eigenvalue weighted by Crippen LogP contribution is -2.34. The van der Waals surface area contributed by atoms with Crippen molar-refractivity contribution in [2.24, 2.45) is 5.92 Å². The number of aromatic amines is 1. The van der Waals surface area contributed by atoms with Crippen LogP contribution in [0.3, 0.4) is 0 Å². The van der Waals surface area contributed by atoms with Gasteiger partial charge in [-0.15, -0.1) is 0 Å². The highest BCUT2D eigenvalue weighted by atomic mass is 79.9. The van der Waals surface area contributed by atoms with Crippen LogP contribution >= 0.6 is 15.9 Å². The summed E-state index contributed by atoms with van der Waals surface area (Å²) in [6.07, 6.45) is 5.44. The molecule has 0 spiro atoms. The highest BCUT2D eigenvalue weighted by molar-refractivity contribution is 9.10. The molecule has 4 aromatic rings. The van der Waals surface area contributed by atoms with E-state index in [0.717, 1.165) is 64.7 Å². The van der Waals surface area contributed by atoms with E-state index in [2.05, 4.69) is 104 Å². The van der Waals surface area contributed by atoms with Gasteiger partial charge in [0.15, 0.2) is 5.65 Å². The van der Waals surface area contributed by atoms with E-state index in [0.29, 0.717) is 0 Å². The third kappa shape index (κ3) is 4.97. The van der Waals surface area contributed by atoms with Gasteiger partial charge in [0.2, 0.25) is 0 Å². The fourth-order valence-electron chi connectivity index (χ4n) is 4.80. The molecule has 0 radical (unpaired) electrons. The molecule has 0 aliphatic carbocycles. The summed E-state index contributed by atoms with van der Waals surface area (Å²) in [5, 5.41) is 0. The predicted octanol–water partition coefficient (Wildman–Crippen LogP) is 5.91. The van der Waals surface area contributed by atoms with Gasteiger partial charge in [-0.2, -0.15) is 0 Å². The molecule has 1 N–H and O–H groups in total. The Kier molecular flexibility index (Phi) is 6.47. The van der Waals surface area contributed by atoms with Crippen molar-refractivity contribution >= 4 is 32.8 Å². The lowest BCUT2D eigenvalue weighted by molar-refractivity contribution is 0.402. The summed E-state index contributed by atoms with van der Waals surface area (Å²) in [6.45, 7) is 3.01. The Hall–Kier alpha value is -2.70. The molecule has 5 nitrogen and oxygen atoms in total. The molecule has 33 heavy (non-hydrogen) atoms. The van der Waals surface area contributed by atoms with Gasteiger partial charge in [0, 0.05) is 31.4 Å². The van der Waals surface area contributed by atoms with Crippen molar-refractivity contribution in [3.05, 3.63) is 76.4 Å². The van der Waals surface area contributed by atoms with E-state index in [1.807, 2.05) is 6.20 Å². The lowest BCUT2D eigenvalue weighted by Gasteiger charge is -2.34. The maximum atomic E-state index is 5.00. The summed E-state index contributed by atoms with van der Waals surface area (Å²) in [7, 11) is 4.17. The SMILES string of the molecule is CN(C)Cc1ccc(-c2nc3c(N4CCC(Cc5ccccc5)CC4)c(Br)cnc3[nH]2)cc1. The van der Waals surface area contributed by atoms with Crippen molar-refractivity contribution in [1.29, 1.82) is 0 Å². The van der Waals surface area contributed by atoms with Crippen LogP contribution in [-0.2, 0) is 13.0 Å². The minimum Gasteiger partial charge on any atom is -0.369 e. The number of pyridine rings is 1. The number of anilines is 1. The van der Waals surface area contributed by atoms with E-state index in [4.69, 9.17) is 4.98 Å². The molecule has 5 rings (SSSR count). The Morgan fingerprint density at radius 3 is 2.42 bits per heavy atom. The third-order valence-electron chi connectivity index (χ3n) is 6.47. The van der Waals surface area contributed by atoms with Gasteiger partial charge in [-0.25, -0.2) is 9.97 Å². The largest absolute Gasteiger partial charge is 0.369 e. The van der Waals surface area contributed by atoms with E-state index < -0.39 is 0 Å². The number of H-pyrrole nitrogens is 1. The number of imidazole rings is 1. The highest BCUT2D eigenvalue weighted by Gasteiger charge is 2.24. The molecule has 1 saturated heterocycles. The van der Waals surface area contributed by atoms with Gasteiger partial charge >= 0.3 is 0 Å². The van der Waals surface area contributed by atoms with Crippen molar-refractivity contribution in [2.45, 2.75) is 25.8 Å². The molecule has 0 atom stereocenters. The molecule has 0 amide bonds. The van der Waals surface area contributed by atoms with Crippen molar-refractivity contribution in [3.8, 4) is 11.4 Å². The number of benzene rings is 2. The van der Waals surface area contributed by atoms with Crippen molar-refractivity contribution in [2.75, 3.05) is 32.1 Å². The highest BCUT2D eigenvalue weighted by Crippen LogP contribution is 2.36. The average molecular weight is 504 g/mol. The quantitative estimate of drug-likeness (QED) is 0.355. The number of nitrogens with one attached hydrogen (secondary N) is 1. The van der Waals surface area contributed by atoms with Crippen molar-refractivity contribution in [3.63, 3.8) is 0 Å². The monoisotopic (exact) mass is 503 g/mol. The molecule has 1 fully saturated rings. The summed E-state index contributed by atoms with van der Waals surface area (Å²) in [5.74, 6) is 1.60. The fourth-order valence-corrected chi connectivity index (χ4v) is 5.34. The van der Waals surface area contributed by atoms with Gasteiger partial charge in [-0.1, -0.05) is 54.6 Å². The van der Waals surface area contributed by atoms with Crippen molar-refractivity contribution in [1.82, 2.24) is 19.9 Å². The zero-order chi connectivity index (χ0) is 22.8. The molecule has 2 aromatic heterocycles. The third-order valence-corrected chi connectivity index (χ3v) is 7.05. The number of piperidine rings is 1. The number of halogens is 1. The summed E-state index contributed by atoms with van der Waals surface area (Å²) in [5.41, 5.74) is 6.76. The Morgan fingerprint density at radius 1 is 1.00 bits per heavy atom. The molecule has 170 valence electrons. The summed E-state index contributed by atoms with van der Waals surface area (Å²) >= 11 is 3.76. The van der Waals surface area contributed by atoms with Gasteiger partial charge < -0.3 is 14.8 Å². The first-order valence-corrected chi connectivity index (χ1v) is 12.4. The van der Waals surface area contributed by atoms with Crippen LogP contribution in [0.25, 0.3) is 22.6 Å². The van der Waals surface area contributed by atoms with Crippen LogP contribution in [0.4, 0.5) is 5.69 Å². The second-order valence-electron chi connectivity index (χ2n) is 9.29. The van der Waals surface area contributed by atoms with E-state index in [1.165, 1.54) is 24.0 Å². The molecular formula is C27H30BrN5. The maximum Gasteiger partial charge on any atom is 0.159 e. The standard InChI is InChI=1S/C27H30BrN5/c1-32(2)18-21-8-10-22(11-9-21)26-30-24-25(23(28)17-29-27(24)31-26)33-14-12-20(13-15-33)16-19-6-4-3-5-7-19/h3-11,17,20H,12-16,18H2,1-2H3,(H,29,30,31). The molecule has 3 heterocycles. The summed E-state index contributed by atoms with van der Waals surface area (Å²) in [6, 6.07) is 19.5. The molecule has 1 aliphatic rings. The summed E-state index contributed by atoms with van der Waals surface area (Å²) < 4.78 is 1.01. The van der Waals surface area contributed by atoms with E-state index in [1.54, 1.807) is 0 Å². The first-order valence-electron chi connectivity index (χ1n) is 11.6. The zero-order valence-corrected chi connectivity index (χ0v) is 20.8. The second-order valence-corrected chi connectivity index (χ2v) is 10.1. The number of rotatable bonds is 6. The number of aromatic nitrogens is 3. The van der Waals surface area contributed by atoms with Crippen LogP contribution in [0, 0.1) is 5.92 Å². The van der Waals surface area contributed by atoms with Gasteiger partial charge in [0.1, 0.15) is 11.3 Å². The lowest BCUT2D eigenvalue weighted by atomic mass is 9.90. The zero-order valence-electron chi connectivity index (χ0n) is 19.3. The van der Waals surface area contributed by atoms with E-state index in [9.17, 15) is 0 Å². The Balaban J connectivity index is 1.36. The summed E-state index contributed by atoms with van der Waals surface area (Å²) in [4.78, 5) is 17.7. The first kappa shape index (κ1) is 22.1. The van der Waals surface area contributed by atoms with Crippen molar-refractivity contribution < 1.29 is 0 Å². The molecule has 1 aliphatic heterocycles. The van der Waals surface area contributed by atoms with Crippen LogP contribution in [0.5, 0.6) is 0 Å². The topological polar surface area (TPSA) is 48.1 Å². The maximum absolute atomic E-state index is 5.00. The van der Waals surface area contributed by atoms with Crippen LogP contribution in [0.15, 0.2) is 65.3 Å². The Labute approximate surface area is 204 Å². The smallest absolute Gasteiger partial charge is 0.159 e. The Morgan fingerprint density at radius 2 is 1.73 bits per heavy atom. The number of hydrogen-bond acceptors (Lipinski definition) is 4. The second kappa shape index (κ2) is 9.65. The van der Waals surface area contributed by atoms with Gasteiger partial charge in [-0.05, 0) is 66.3 Å². The first-order chi connectivity index (χ1) is 16.1. The average Bonchev–Trinajstić information content (AvgIpc) is 3.25. The van der Waals surface area contributed by atoms with Crippen LogP contribution in [0.2, 0.25) is 0 Å². The predicted molar refractivity (Wildman–Crippen MR) is 139 cm³/mol. The molecule has 2 aromatic carbocycles. The minimum absolute atomic E-state index is 0.732. The van der Waals surface area contributed by atoms with Gasteiger partial charge in [0.25, 0.3) is 0 Å². The van der Waals surface area contributed by atoms with E-state index >= 15 is 0 Å². The number of nitrogens with zero attached hydrogens (tertiary/aromatic N) is 4. The minimum atomic E-state index is 0.732. The molecular weight excluding hydrogens is 474 g/mol. The van der Waals surface area contributed by atoms with Gasteiger partial charge in [-0.3, -0.25) is 0 Å². The molecule has 0 bridgehead atoms. The molecule has 0 unspecified atom stereocenters. The number of fused-ring (bicyclic) bond motifs is 1. The van der Waals surface area contributed by atoms with Crippen LogP contribution in [-0.4, -0.2) is 47.0 Å². The van der Waals surface area contributed by atoms with Gasteiger partial charge in [0.05, 0.1) is 10.2 Å². The van der Waals surface area contributed by atoms with Crippen LogP contribution < -0.4 is 4.90 Å². The fraction of sp³-hybridized carbons (Fsp3) is 0.333. The normalized spacial score (nSPS) is 15.0. The molecule has 0 saturated carbocycles. The Bertz CT molecular complexity index is 1210.